The van der Waals surface area contributed by atoms with Gasteiger partial charge in [-0.2, -0.15) is 5.10 Å². The molecule has 3 aromatic rings. The maximum Gasteiger partial charge on any atom is 0.264 e. The number of rotatable bonds is 7. The van der Waals surface area contributed by atoms with Gasteiger partial charge in [-0.1, -0.05) is 59.6 Å². The van der Waals surface area contributed by atoms with Gasteiger partial charge < -0.3 is 0 Å². The summed E-state index contributed by atoms with van der Waals surface area (Å²) in [6.07, 6.45) is 0. The largest absolute Gasteiger partial charge is 0.271 e. The Hall–Kier alpha value is -3.16. The Kier molecular flexibility index (Phi) is 7.09. The monoisotopic (exact) mass is 455 g/mol. The maximum atomic E-state index is 13.2. The van der Waals surface area contributed by atoms with Gasteiger partial charge in [0.1, 0.15) is 6.54 Å². The van der Waals surface area contributed by atoms with E-state index >= 15 is 0 Å². The number of anilines is 1. The molecule has 160 valence electrons. The Morgan fingerprint density at radius 3 is 2.19 bits per heavy atom. The zero-order chi connectivity index (χ0) is 22.4. The molecule has 0 bridgehead atoms. The minimum absolute atomic E-state index is 0.101. The summed E-state index contributed by atoms with van der Waals surface area (Å²) in [5, 5.41) is 4.69. The fraction of sp³-hybridized carbons (Fsp3) is 0.130. The van der Waals surface area contributed by atoms with E-state index < -0.39 is 22.5 Å². The van der Waals surface area contributed by atoms with Crippen LogP contribution in [0.4, 0.5) is 5.69 Å². The number of nitrogens with one attached hydrogen (secondary N) is 1. The summed E-state index contributed by atoms with van der Waals surface area (Å²) in [5.74, 6) is -0.562. The number of halogens is 1. The molecule has 31 heavy (non-hydrogen) atoms. The van der Waals surface area contributed by atoms with Gasteiger partial charge in [0, 0.05) is 5.02 Å². The summed E-state index contributed by atoms with van der Waals surface area (Å²) in [6.45, 7) is 3.22. The second-order valence-electron chi connectivity index (χ2n) is 6.90. The van der Waals surface area contributed by atoms with Crippen molar-refractivity contribution in [3.8, 4) is 0 Å². The Morgan fingerprint density at radius 2 is 1.58 bits per heavy atom. The Labute approximate surface area is 187 Å². The summed E-state index contributed by atoms with van der Waals surface area (Å²) >= 11 is 5.89. The van der Waals surface area contributed by atoms with E-state index in [9.17, 15) is 13.2 Å². The standard InChI is InChI=1S/C23H22ClN3O3S/c1-17-8-14-21(15-9-17)27(31(29,30)22-6-4-3-5-7-22)16-23(28)26-25-18(2)19-10-12-20(24)13-11-19/h3-15H,16H2,1-2H3,(H,26,28)/b25-18+. The highest BCUT2D eigenvalue weighted by Crippen LogP contribution is 2.23. The zero-order valence-corrected chi connectivity index (χ0v) is 18.7. The highest BCUT2D eigenvalue weighted by molar-refractivity contribution is 7.92. The predicted molar refractivity (Wildman–Crippen MR) is 124 cm³/mol. The number of benzene rings is 3. The number of aryl methyl sites for hydroxylation is 1. The SMILES string of the molecule is C/C(=N\NC(=O)CN(c1ccc(C)cc1)S(=O)(=O)c1ccccc1)c1ccc(Cl)cc1. The van der Waals surface area contributed by atoms with Crippen molar-refractivity contribution >= 4 is 38.9 Å². The van der Waals surface area contributed by atoms with Gasteiger partial charge in [-0.3, -0.25) is 9.10 Å². The van der Waals surface area contributed by atoms with Crippen LogP contribution in [-0.4, -0.2) is 26.6 Å². The quantitative estimate of drug-likeness (QED) is 0.424. The Balaban J connectivity index is 1.84. The van der Waals surface area contributed by atoms with Crippen LogP contribution in [0.15, 0.2) is 88.9 Å². The molecule has 0 aromatic heterocycles. The number of sulfonamides is 1. The van der Waals surface area contributed by atoms with Crippen molar-refractivity contribution in [1.82, 2.24) is 5.43 Å². The molecule has 0 aliphatic carbocycles. The molecule has 0 saturated heterocycles. The molecule has 1 N–H and O–H groups in total. The highest BCUT2D eigenvalue weighted by atomic mass is 35.5. The summed E-state index contributed by atoms with van der Waals surface area (Å²) in [5.41, 5.74) is 5.17. The van der Waals surface area contributed by atoms with Gasteiger partial charge in [0.2, 0.25) is 0 Å². The van der Waals surface area contributed by atoms with Crippen LogP contribution < -0.4 is 9.73 Å². The molecule has 0 heterocycles. The molecule has 3 rings (SSSR count). The lowest BCUT2D eigenvalue weighted by atomic mass is 10.1. The van der Waals surface area contributed by atoms with Crippen molar-refractivity contribution < 1.29 is 13.2 Å². The van der Waals surface area contributed by atoms with E-state index in [0.717, 1.165) is 15.4 Å². The van der Waals surface area contributed by atoms with Crippen molar-refractivity contribution in [2.24, 2.45) is 5.10 Å². The Morgan fingerprint density at radius 1 is 0.968 bits per heavy atom. The van der Waals surface area contributed by atoms with Crippen LogP contribution in [0.25, 0.3) is 0 Å². The van der Waals surface area contributed by atoms with E-state index in [2.05, 4.69) is 10.5 Å². The first-order valence-corrected chi connectivity index (χ1v) is 11.3. The highest BCUT2D eigenvalue weighted by Gasteiger charge is 2.27. The van der Waals surface area contributed by atoms with Crippen molar-refractivity contribution in [1.29, 1.82) is 0 Å². The molecule has 0 aliphatic heterocycles. The van der Waals surface area contributed by atoms with Gasteiger partial charge in [-0.15, -0.1) is 0 Å². The topological polar surface area (TPSA) is 78.8 Å². The van der Waals surface area contributed by atoms with Gasteiger partial charge in [-0.25, -0.2) is 13.8 Å². The van der Waals surface area contributed by atoms with Gasteiger partial charge in [0.15, 0.2) is 0 Å². The summed E-state index contributed by atoms with van der Waals surface area (Å²) < 4.78 is 27.6. The number of hydrazone groups is 1. The third-order valence-corrected chi connectivity index (χ3v) is 6.59. The third kappa shape index (κ3) is 5.71. The van der Waals surface area contributed by atoms with E-state index in [4.69, 9.17) is 11.6 Å². The average Bonchev–Trinajstić information content (AvgIpc) is 2.77. The lowest BCUT2D eigenvalue weighted by molar-refractivity contribution is -0.119. The predicted octanol–water partition coefficient (Wildman–Crippen LogP) is 4.38. The molecular formula is C23H22ClN3O3S. The van der Waals surface area contributed by atoms with E-state index in [1.807, 2.05) is 6.92 Å². The maximum absolute atomic E-state index is 13.2. The second-order valence-corrected chi connectivity index (χ2v) is 9.20. The number of hydrogen-bond donors (Lipinski definition) is 1. The number of carbonyl (C=O) groups excluding carboxylic acids is 1. The molecule has 3 aromatic carbocycles. The first-order chi connectivity index (χ1) is 14.8. The average molecular weight is 456 g/mol. The van der Waals surface area contributed by atoms with Crippen LogP contribution in [0.1, 0.15) is 18.1 Å². The summed E-state index contributed by atoms with van der Waals surface area (Å²) in [4.78, 5) is 12.7. The van der Waals surface area contributed by atoms with E-state index in [1.165, 1.54) is 12.1 Å². The molecule has 0 saturated carbocycles. The smallest absolute Gasteiger partial charge is 0.264 e. The van der Waals surface area contributed by atoms with Gasteiger partial charge in [-0.05, 0) is 55.8 Å². The fourth-order valence-corrected chi connectivity index (χ4v) is 4.38. The van der Waals surface area contributed by atoms with Crippen molar-refractivity contribution in [3.05, 3.63) is 95.0 Å². The summed E-state index contributed by atoms with van der Waals surface area (Å²) in [6, 6.07) is 22.0. The van der Waals surface area contributed by atoms with Crippen LogP contribution in [-0.2, 0) is 14.8 Å². The van der Waals surface area contributed by atoms with E-state index in [1.54, 1.807) is 73.7 Å². The summed E-state index contributed by atoms with van der Waals surface area (Å²) in [7, 11) is -3.95. The molecular weight excluding hydrogens is 434 g/mol. The molecule has 1 amide bonds. The van der Waals surface area contributed by atoms with E-state index in [0.29, 0.717) is 16.4 Å². The van der Waals surface area contributed by atoms with E-state index in [-0.39, 0.29) is 4.90 Å². The number of nitrogens with zero attached hydrogens (tertiary/aromatic N) is 2. The lowest BCUT2D eigenvalue weighted by Crippen LogP contribution is -2.39. The Bertz CT molecular complexity index is 1180. The normalized spacial score (nSPS) is 11.8. The molecule has 0 unspecified atom stereocenters. The number of carbonyl (C=O) groups is 1. The van der Waals surface area contributed by atoms with Crippen molar-refractivity contribution in [2.75, 3.05) is 10.8 Å². The van der Waals surface area contributed by atoms with Gasteiger partial charge in [0.25, 0.3) is 15.9 Å². The second kappa shape index (κ2) is 9.76. The van der Waals surface area contributed by atoms with Crippen molar-refractivity contribution in [2.45, 2.75) is 18.7 Å². The lowest BCUT2D eigenvalue weighted by Gasteiger charge is -2.23. The van der Waals surface area contributed by atoms with Crippen LogP contribution in [0, 0.1) is 6.92 Å². The molecule has 6 nitrogen and oxygen atoms in total. The molecule has 0 fully saturated rings. The first-order valence-electron chi connectivity index (χ1n) is 9.51. The van der Waals surface area contributed by atoms with Crippen LogP contribution in [0.3, 0.4) is 0 Å². The third-order valence-electron chi connectivity index (χ3n) is 4.55. The van der Waals surface area contributed by atoms with Crippen LogP contribution in [0.2, 0.25) is 5.02 Å². The van der Waals surface area contributed by atoms with Gasteiger partial charge in [0.05, 0.1) is 16.3 Å². The van der Waals surface area contributed by atoms with Crippen molar-refractivity contribution in [3.63, 3.8) is 0 Å². The molecule has 0 atom stereocenters. The van der Waals surface area contributed by atoms with Crippen LogP contribution in [0.5, 0.6) is 0 Å². The molecule has 0 radical (unpaired) electrons. The first kappa shape index (κ1) is 22.5. The minimum atomic E-state index is -3.95. The molecule has 0 aliphatic rings. The van der Waals surface area contributed by atoms with Gasteiger partial charge >= 0.3 is 0 Å². The fourth-order valence-electron chi connectivity index (χ4n) is 2.81. The van der Waals surface area contributed by atoms with Crippen LogP contribution >= 0.6 is 11.6 Å². The number of amides is 1. The molecule has 0 spiro atoms. The zero-order valence-electron chi connectivity index (χ0n) is 17.1. The number of hydrogen-bond acceptors (Lipinski definition) is 4. The molecule has 8 heteroatoms. The minimum Gasteiger partial charge on any atom is -0.271 e.